The lowest BCUT2D eigenvalue weighted by atomic mass is 9.94. The molecule has 52 heavy (non-hydrogen) atoms. The second-order valence-corrected chi connectivity index (χ2v) is 14.1. The van der Waals surface area contributed by atoms with Gasteiger partial charge in [0, 0.05) is 12.3 Å². The van der Waals surface area contributed by atoms with Crippen LogP contribution in [0.1, 0.15) is 181 Å². The maximum Gasteiger partial charge on any atom is 0.273 e. The lowest BCUT2D eigenvalue weighted by Crippen LogP contribution is -2.44. The highest BCUT2D eigenvalue weighted by molar-refractivity contribution is 5.98. The molecular weight excluding hydrogens is 656 g/mol. The third-order valence-electron chi connectivity index (χ3n) is 9.60. The van der Waals surface area contributed by atoms with Crippen molar-refractivity contribution in [1.82, 2.24) is 21.7 Å². The van der Waals surface area contributed by atoms with Gasteiger partial charge in [-0.2, -0.15) is 0 Å². The van der Waals surface area contributed by atoms with Crippen molar-refractivity contribution in [3.63, 3.8) is 0 Å². The summed E-state index contributed by atoms with van der Waals surface area (Å²) in [5.41, 5.74) is 11.8. The number of hydrogen-bond acceptors (Lipinski definition) is 6. The molecule has 0 saturated carbocycles. The minimum absolute atomic E-state index is 0.0769. The predicted molar refractivity (Wildman–Crippen MR) is 208 cm³/mol. The van der Waals surface area contributed by atoms with Gasteiger partial charge in [0.25, 0.3) is 11.8 Å². The molecule has 10 nitrogen and oxygen atoms in total. The number of carbonyl (C=O) groups excluding carboxylic acids is 4. The fraction of sp³-hybridized carbons (Fsp3) is 0.619. The molecule has 0 bridgehead atoms. The molecule has 2 rings (SSSR count). The Bertz CT molecular complexity index is 1360. The van der Waals surface area contributed by atoms with Gasteiger partial charge < -0.3 is 10.2 Å². The lowest BCUT2D eigenvalue weighted by Gasteiger charge is -2.17. The van der Waals surface area contributed by atoms with Gasteiger partial charge in [-0.05, 0) is 80.3 Å². The molecule has 1 atom stereocenters. The molecule has 0 saturated heterocycles. The first-order valence-corrected chi connectivity index (χ1v) is 20.0. The molecule has 2 aromatic rings. The Morgan fingerprint density at radius 2 is 0.942 bits per heavy atom. The van der Waals surface area contributed by atoms with Crippen LogP contribution in [-0.4, -0.2) is 33.8 Å². The number of carbonyl (C=O) groups is 4. The molecule has 0 aliphatic rings. The van der Waals surface area contributed by atoms with Crippen molar-refractivity contribution in [2.24, 2.45) is 5.92 Å². The van der Waals surface area contributed by atoms with E-state index < -0.39 is 23.6 Å². The Kier molecular flexibility index (Phi) is 22.6. The van der Waals surface area contributed by atoms with E-state index in [1.165, 1.54) is 51.4 Å². The maximum absolute atomic E-state index is 13.1. The van der Waals surface area contributed by atoms with Gasteiger partial charge >= 0.3 is 0 Å². The average molecular weight is 723 g/mol. The first-order valence-electron chi connectivity index (χ1n) is 20.0. The summed E-state index contributed by atoms with van der Waals surface area (Å²) < 4.78 is 0. The fourth-order valence-corrected chi connectivity index (χ4v) is 6.35. The number of amides is 4. The fourth-order valence-electron chi connectivity index (χ4n) is 6.35. The Morgan fingerprint density at radius 3 is 1.42 bits per heavy atom. The minimum atomic E-state index is -0.612. The van der Waals surface area contributed by atoms with Crippen molar-refractivity contribution in [2.45, 2.75) is 162 Å². The molecule has 0 fully saturated rings. The third-order valence-corrected chi connectivity index (χ3v) is 9.60. The maximum atomic E-state index is 13.1. The van der Waals surface area contributed by atoms with Gasteiger partial charge in [-0.3, -0.25) is 40.9 Å². The van der Waals surface area contributed by atoms with Crippen molar-refractivity contribution in [3.05, 3.63) is 58.7 Å². The molecule has 1 unspecified atom stereocenters. The number of benzene rings is 2. The number of phenolic OH excluding ortho intramolecular Hbond substituents is 2. The van der Waals surface area contributed by atoms with E-state index in [1.807, 2.05) is 12.1 Å². The van der Waals surface area contributed by atoms with Crippen molar-refractivity contribution in [3.8, 4) is 11.5 Å². The Morgan fingerprint density at radius 1 is 0.519 bits per heavy atom. The summed E-state index contributed by atoms with van der Waals surface area (Å²) in [7, 11) is 0. The zero-order valence-electron chi connectivity index (χ0n) is 32.1. The van der Waals surface area contributed by atoms with Crippen molar-refractivity contribution >= 4 is 23.6 Å². The average Bonchev–Trinajstić information content (AvgIpc) is 3.13. The number of phenols is 2. The molecule has 6 N–H and O–H groups in total. The Hall–Kier alpha value is -4.08. The van der Waals surface area contributed by atoms with Crippen LogP contribution in [0.25, 0.3) is 0 Å². The summed E-state index contributed by atoms with van der Waals surface area (Å²) in [6, 6.07) is 10.0. The van der Waals surface area contributed by atoms with Gasteiger partial charge in [0.1, 0.15) is 11.5 Å². The molecule has 10 heteroatoms. The molecule has 0 heterocycles. The van der Waals surface area contributed by atoms with Crippen LogP contribution < -0.4 is 21.7 Å². The summed E-state index contributed by atoms with van der Waals surface area (Å²) in [5, 5.41) is 20.9. The molecule has 0 spiro atoms. The molecular formula is C42H66N4O6. The van der Waals surface area contributed by atoms with Crippen molar-refractivity contribution < 1.29 is 29.4 Å². The van der Waals surface area contributed by atoms with Gasteiger partial charge in [-0.1, -0.05) is 123 Å². The number of rotatable bonds is 26. The van der Waals surface area contributed by atoms with Crippen LogP contribution in [-0.2, 0) is 22.4 Å². The second kappa shape index (κ2) is 26.7. The van der Waals surface area contributed by atoms with Crippen LogP contribution in [0.3, 0.4) is 0 Å². The quantitative estimate of drug-likeness (QED) is 0.0421. The monoisotopic (exact) mass is 722 g/mol. The van der Waals surface area contributed by atoms with Crippen LogP contribution in [0.5, 0.6) is 11.5 Å². The summed E-state index contributed by atoms with van der Waals surface area (Å²) in [6.45, 7) is 6.50. The second-order valence-electron chi connectivity index (χ2n) is 14.1. The molecule has 4 amide bonds. The van der Waals surface area contributed by atoms with Crippen molar-refractivity contribution in [1.29, 1.82) is 0 Å². The minimum Gasteiger partial charge on any atom is -0.507 e. The van der Waals surface area contributed by atoms with E-state index in [-0.39, 0.29) is 35.0 Å². The van der Waals surface area contributed by atoms with Crippen LogP contribution in [0.4, 0.5) is 0 Å². The summed E-state index contributed by atoms with van der Waals surface area (Å²) in [6.07, 6.45) is 21.2. The van der Waals surface area contributed by atoms with Gasteiger partial charge in [0.2, 0.25) is 11.8 Å². The number of hydrazine groups is 2. The van der Waals surface area contributed by atoms with Gasteiger partial charge in [0.15, 0.2) is 0 Å². The van der Waals surface area contributed by atoms with Crippen LogP contribution in [0.2, 0.25) is 0 Å². The molecule has 0 aliphatic heterocycles. The topological polar surface area (TPSA) is 157 Å². The molecule has 0 aliphatic carbocycles. The largest absolute Gasteiger partial charge is 0.507 e. The molecule has 2 aromatic carbocycles. The summed E-state index contributed by atoms with van der Waals surface area (Å²) in [4.78, 5) is 51.2. The van der Waals surface area contributed by atoms with Crippen LogP contribution in [0, 0.1) is 5.92 Å². The lowest BCUT2D eigenvalue weighted by molar-refractivity contribution is -0.127. The number of aromatic hydroxyl groups is 2. The van der Waals surface area contributed by atoms with E-state index in [0.29, 0.717) is 19.3 Å². The summed E-state index contributed by atoms with van der Waals surface area (Å²) in [5.74, 6) is -2.67. The SMILES string of the molecule is CCCCCCCCc1ccc(C(=O)NNC(=O)CCCC(CCCCCC)C(=O)NNC(=O)c2ccc(CCCCCCCC)cc2O)c(O)c1. The van der Waals surface area contributed by atoms with Crippen LogP contribution >= 0.6 is 0 Å². The first kappa shape index (κ1) is 44.1. The number of aryl methyl sites for hydroxylation is 2. The highest BCUT2D eigenvalue weighted by Crippen LogP contribution is 2.23. The normalized spacial score (nSPS) is 11.5. The highest BCUT2D eigenvalue weighted by atomic mass is 16.3. The first-order chi connectivity index (χ1) is 25.2. The number of nitrogens with one attached hydrogen (secondary N) is 4. The van der Waals surface area contributed by atoms with E-state index >= 15 is 0 Å². The zero-order chi connectivity index (χ0) is 38.0. The van der Waals surface area contributed by atoms with Crippen molar-refractivity contribution in [2.75, 3.05) is 0 Å². The smallest absolute Gasteiger partial charge is 0.273 e. The summed E-state index contributed by atoms with van der Waals surface area (Å²) >= 11 is 0. The van der Waals surface area contributed by atoms with E-state index in [4.69, 9.17) is 0 Å². The highest BCUT2D eigenvalue weighted by Gasteiger charge is 2.21. The van der Waals surface area contributed by atoms with Crippen LogP contribution in [0.15, 0.2) is 36.4 Å². The Balaban J connectivity index is 1.80. The van der Waals surface area contributed by atoms with E-state index in [1.54, 1.807) is 24.3 Å². The molecule has 0 aromatic heterocycles. The zero-order valence-corrected chi connectivity index (χ0v) is 32.1. The standard InChI is InChI=1S/C42H66N4O6/c1-4-7-10-13-15-17-21-32-26-28-35(37(47)30-32)41(51)45-43-39(49)25-20-24-34(23-19-12-9-6-3)40(50)44-46-42(52)36-29-27-33(31-38(36)48)22-18-16-14-11-8-5-2/h26-31,34,47-48H,4-25H2,1-3H3,(H,43,49)(H,44,50)(H,45,51)(H,46,52). The number of hydrogen-bond donors (Lipinski definition) is 6. The predicted octanol–water partition coefficient (Wildman–Crippen LogP) is 8.88. The molecule has 290 valence electrons. The van der Waals surface area contributed by atoms with Gasteiger partial charge in [-0.25, -0.2) is 0 Å². The van der Waals surface area contributed by atoms with Gasteiger partial charge in [-0.15, -0.1) is 0 Å². The van der Waals surface area contributed by atoms with E-state index in [0.717, 1.165) is 75.3 Å². The third kappa shape index (κ3) is 17.9. The Labute approximate surface area is 312 Å². The van der Waals surface area contributed by atoms with Gasteiger partial charge in [0.05, 0.1) is 11.1 Å². The number of unbranched alkanes of at least 4 members (excludes halogenated alkanes) is 13. The van der Waals surface area contributed by atoms with E-state index in [9.17, 15) is 29.4 Å². The van der Waals surface area contributed by atoms with E-state index in [2.05, 4.69) is 42.5 Å². The molecule has 0 radical (unpaired) electrons.